The average Bonchev–Trinajstić information content (AvgIpc) is 3.41. The highest BCUT2D eigenvalue weighted by molar-refractivity contribution is 9.10. The summed E-state index contributed by atoms with van der Waals surface area (Å²) in [6.07, 6.45) is 2.78. The van der Waals surface area contributed by atoms with E-state index < -0.39 is 0 Å². The summed E-state index contributed by atoms with van der Waals surface area (Å²) in [7, 11) is 1.59. The Hall–Kier alpha value is -4.50. The topological polar surface area (TPSA) is 88.7 Å². The highest BCUT2D eigenvalue weighted by atomic mass is 79.9. The van der Waals surface area contributed by atoms with E-state index in [2.05, 4.69) is 21.2 Å². The maximum absolute atomic E-state index is 14.3. The molecule has 3 heterocycles. The zero-order valence-electron chi connectivity index (χ0n) is 23.6. The van der Waals surface area contributed by atoms with Crippen LogP contribution in [0.5, 0.6) is 0 Å². The van der Waals surface area contributed by atoms with E-state index >= 15 is 0 Å². The first kappa shape index (κ1) is 27.7. The first-order valence-corrected chi connectivity index (χ1v) is 14.6. The lowest BCUT2D eigenvalue weighted by atomic mass is 9.97. The Morgan fingerprint density at radius 3 is 2.43 bits per heavy atom. The molecular formula is C33H30BrN5O3. The Morgan fingerprint density at radius 2 is 1.74 bits per heavy atom. The molecule has 0 bridgehead atoms. The lowest BCUT2D eigenvalue weighted by Crippen LogP contribution is -2.46. The number of carbonyl (C=O) groups is 2. The first-order chi connectivity index (χ1) is 20.3. The molecule has 3 aromatic carbocycles. The van der Waals surface area contributed by atoms with Crippen LogP contribution in [0.15, 0.2) is 88.3 Å². The molecule has 1 aliphatic rings. The van der Waals surface area contributed by atoms with Crippen molar-refractivity contribution in [1.29, 1.82) is 0 Å². The van der Waals surface area contributed by atoms with Crippen molar-refractivity contribution in [1.82, 2.24) is 24.4 Å². The van der Waals surface area contributed by atoms with Crippen LogP contribution in [0.3, 0.4) is 0 Å². The number of benzene rings is 3. The number of fused-ring (bicyclic) bond motifs is 3. The molecule has 0 aliphatic carbocycles. The van der Waals surface area contributed by atoms with Crippen molar-refractivity contribution in [3.05, 3.63) is 133 Å². The second kappa shape index (κ2) is 11.1. The summed E-state index contributed by atoms with van der Waals surface area (Å²) in [6.45, 7) is 4.20. The van der Waals surface area contributed by atoms with Gasteiger partial charge in [0.05, 0.1) is 24.1 Å². The smallest absolute Gasteiger partial charge is 0.261 e. The Labute approximate surface area is 251 Å². The molecule has 0 unspecified atom stereocenters. The van der Waals surface area contributed by atoms with E-state index in [4.69, 9.17) is 5.10 Å². The van der Waals surface area contributed by atoms with Crippen LogP contribution in [0.25, 0.3) is 11.3 Å². The van der Waals surface area contributed by atoms with Gasteiger partial charge >= 0.3 is 0 Å². The highest BCUT2D eigenvalue weighted by Crippen LogP contribution is 2.28. The molecule has 1 atom stereocenters. The third-order valence-electron chi connectivity index (χ3n) is 7.96. The molecule has 0 radical (unpaired) electrons. The van der Waals surface area contributed by atoms with E-state index in [9.17, 15) is 14.4 Å². The third-order valence-corrected chi connectivity index (χ3v) is 8.85. The molecule has 0 saturated carbocycles. The van der Waals surface area contributed by atoms with Gasteiger partial charge in [-0.3, -0.25) is 19.0 Å². The molecule has 0 saturated heterocycles. The summed E-state index contributed by atoms with van der Waals surface area (Å²) in [4.78, 5) is 42.0. The van der Waals surface area contributed by atoms with Gasteiger partial charge in [-0.2, -0.15) is 5.10 Å². The Balaban J connectivity index is 1.51. The van der Waals surface area contributed by atoms with Gasteiger partial charge in [0.2, 0.25) is 0 Å². The van der Waals surface area contributed by atoms with Crippen LogP contribution in [0.4, 0.5) is 0 Å². The summed E-state index contributed by atoms with van der Waals surface area (Å²) in [5.41, 5.74) is 6.58. The van der Waals surface area contributed by atoms with Crippen LogP contribution in [0, 0.1) is 6.92 Å². The predicted octanol–water partition coefficient (Wildman–Crippen LogP) is 5.09. The average molecular weight is 625 g/mol. The highest BCUT2D eigenvalue weighted by Gasteiger charge is 2.33. The molecule has 0 spiro atoms. The molecule has 0 fully saturated rings. The molecule has 212 valence electrons. The zero-order valence-corrected chi connectivity index (χ0v) is 25.2. The van der Waals surface area contributed by atoms with Gasteiger partial charge in [-0.1, -0.05) is 46.3 Å². The maximum Gasteiger partial charge on any atom is 0.261 e. The Bertz CT molecular complexity index is 1890. The molecule has 42 heavy (non-hydrogen) atoms. The molecular weight excluding hydrogens is 594 g/mol. The Kier molecular flexibility index (Phi) is 7.28. The van der Waals surface area contributed by atoms with Gasteiger partial charge in [-0.05, 0) is 73.9 Å². The van der Waals surface area contributed by atoms with Crippen molar-refractivity contribution in [3.8, 4) is 5.69 Å². The lowest BCUT2D eigenvalue weighted by molar-refractivity contribution is 0.0651. The quantitative estimate of drug-likeness (QED) is 0.295. The lowest BCUT2D eigenvalue weighted by Gasteiger charge is -2.35. The van der Waals surface area contributed by atoms with Gasteiger partial charge in [0.1, 0.15) is 5.65 Å². The van der Waals surface area contributed by atoms with Crippen LogP contribution < -0.4 is 10.9 Å². The van der Waals surface area contributed by atoms with Gasteiger partial charge in [0.25, 0.3) is 17.4 Å². The fourth-order valence-electron chi connectivity index (χ4n) is 5.69. The second-order valence-corrected chi connectivity index (χ2v) is 11.6. The summed E-state index contributed by atoms with van der Waals surface area (Å²) < 4.78 is 4.46. The Morgan fingerprint density at radius 1 is 1.02 bits per heavy atom. The van der Waals surface area contributed by atoms with E-state index in [0.29, 0.717) is 46.6 Å². The van der Waals surface area contributed by atoms with Crippen LogP contribution >= 0.6 is 15.9 Å². The summed E-state index contributed by atoms with van der Waals surface area (Å²) in [5.74, 6) is -0.277. The molecule has 1 N–H and O–H groups in total. The van der Waals surface area contributed by atoms with Gasteiger partial charge in [-0.25, -0.2) is 4.52 Å². The fourth-order valence-corrected chi connectivity index (χ4v) is 5.93. The molecule has 6 rings (SSSR count). The van der Waals surface area contributed by atoms with Crippen LogP contribution in [-0.2, 0) is 19.4 Å². The van der Waals surface area contributed by atoms with E-state index in [1.165, 1.54) is 0 Å². The molecule has 9 heteroatoms. The van der Waals surface area contributed by atoms with Gasteiger partial charge < -0.3 is 10.2 Å². The summed E-state index contributed by atoms with van der Waals surface area (Å²) in [5, 5.41) is 7.41. The fraction of sp³-hybridized carbons (Fsp3) is 0.212. The van der Waals surface area contributed by atoms with Crippen LogP contribution in [0.1, 0.15) is 55.6 Å². The molecule has 8 nitrogen and oxygen atoms in total. The number of aryl methyl sites for hydroxylation is 1. The number of rotatable bonds is 5. The molecule has 2 amide bonds. The number of halogens is 1. The van der Waals surface area contributed by atoms with Gasteiger partial charge in [0, 0.05) is 46.2 Å². The first-order valence-electron chi connectivity index (χ1n) is 13.8. The number of carbonyl (C=O) groups excluding carboxylic acids is 2. The van der Waals surface area contributed by atoms with Crippen molar-refractivity contribution in [2.75, 3.05) is 7.05 Å². The zero-order chi connectivity index (χ0) is 29.5. The number of nitrogens with one attached hydrogen (secondary N) is 1. The minimum absolute atomic E-state index is 0.0810. The molecule has 1 aliphatic heterocycles. The number of nitrogens with zero attached hydrogens (tertiary/aromatic N) is 4. The van der Waals surface area contributed by atoms with Gasteiger partial charge in [0.15, 0.2) is 0 Å². The predicted molar refractivity (Wildman–Crippen MR) is 165 cm³/mol. The van der Waals surface area contributed by atoms with E-state index in [-0.39, 0.29) is 30.0 Å². The monoisotopic (exact) mass is 623 g/mol. The van der Waals surface area contributed by atoms with E-state index in [1.54, 1.807) is 42.1 Å². The van der Waals surface area contributed by atoms with Crippen molar-refractivity contribution in [3.63, 3.8) is 0 Å². The van der Waals surface area contributed by atoms with Crippen LogP contribution in [0.2, 0.25) is 0 Å². The SMILES string of the molecule is CNC(=O)c1ccc(-n2c(=O)c3c(n4ncc(Cc5ccccc5)c24)CN(C(=O)c2ccc(Br)c(C)c2)[C@@H](C)C3)cc1. The minimum Gasteiger partial charge on any atom is -0.355 e. The number of aromatic nitrogens is 3. The number of amides is 2. The summed E-state index contributed by atoms with van der Waals surface area (Å²) >= 11 is 3.52. The van der Waals surface area contributed by atoms with E-state index in [1.807, 2.05) is 71.8 Å². The third kappa shape index (κ3) is 4.83. The maximum atomic E-state index is 14.3. The number of hydrogen-bond donors (Lipinski definition) is 1. The van der Waals surface area contributed by atoms with Crippen molar-refractivity contribution in [2.45, 2.75) is 39.3 Å². The molecule has 2 aromatic heterocycles. The van der Waals surface area contributed by atoms with E-state index in [0.717, 1.165) is 21.2 Å². The largest absolute Gasteiger partial charge is 0.355 e. The number of hydrogen-bond acceptors (Lipinski definition) is 4. The summed E-state index contributed by atoms with van der Waals surface area (Å²) in [6, 6.07) is 22.5. The minimum atomic E-state index is -0.196. The van der Waals surface area contributed by atoms with Gasteiger partial charge in [-0.15, -0.1) is 0 Å². The molecule has 5 aromatic rings. The normalized spacial score (nSPS) is 14.6. The second-order valence-electron chi connectivity index (χ2n) is 10.7. The van der Waals surface area contributed by atoms with Crippen LogP contribution in [-0.4, -0.2) is 44.0 Å². The van der Waals surface area contributed by atoms with Crippen molar-refractivity contribution in [2.24, 2.45) is 0 Å². The van der Waals surface area contributed by atoms with Crippen molar-refractivity contribution < 1.29 is 9.59 Å². The standard InChI is InChI=1S/C33H30BrN5O3/c1-20-15-24(11-14-28(20)34)32(41)37-19-29-27(16-21(37)2)33(42)38(26-12-9-23(10-13-26)30(40)35-3)31-25(18-36-39(29)31)17-22-7-5-4-6-8-22/h4-15,18,21H,16-17,19H2,1-3H3,(H,35,40)/t21-/m0/s1. The van der Waals surface area contributed by atoms with Crippen molar-refractivity contribution >= 4 is 33.4 Å².